The molecule has 0 radical (unpaired) electrons. The molecule has 4 atom stereocenters. The second-order valence-electron chi connectivity index (χ2n) is 6.20. The number of benzene rings is 1. The van der Waals surface area contributed by atoms with Crippen molar-refractivity contribution in [1.29, 1.82) is 5.26 Å². The Balaban J connectivity index is 1.47. The minimum atomic E-state index is 0.168. The van der Waals surface area contributed by atoms with Gasteiger partial charge in [0.25, 0.3) is 0 Å². The van der Waals surface area contributed by atoms with Crippen molar-refractivity contribution < 1.29 is 4.79 Å². The lowest BCUT2D eigenvalue weighted by molar-refractivity contribution is -0.118. The minimum absolute atomic E-state index is 0.168. The number of nitrogens with one attached hydrogen (secondary N) is 1. The fourth-order valence-corrected chi connectivity index (χ4v) is 4.57. The standard InChI is InChI=1S/C16H16N2O/c17-8-9-2-1-3-12(6-9)18-16(19)15-13-10-4-5-11(7-10)14(13)15/h1-3,6,10-11,13-15H,4-5,7H2,(H,18,19)/t10-,11-,13+,14+/m0/s1. The van der Waals surface area contributed by atoms with Crippen molar-refractivity contribution in [2.24, 2.45) is 29.6 Å². The van der Waals surface area contributed by atoms with Gasteiger partial charge in [0.15, 0.2) is 0 Å². The van der Waals surface area contributed by atoms with Crippen LogP contribution in [0.4, 0.5) is 5.69 Å². The van der Waals surface area contributed by atoms with Gasteiger partial charge in [0.1, 0.15) is 0 Å². The fourth-order valence-electron chi connectivity index (χ4n) is 4.57. The van der Waals surface area contributed by atoms with Gasteiger partial charge in [0.05, 0.1) is 11.6 Å². The van der Waals surface area contributed by atoms with Crippen LogP contribution in [0.15, 0.2) is 24.3 Å². The highest BCUT2D eigenvalue weighted by Gasteiger charge is 2.67. The molecule has 0 aliphatic heterocycles. The Morgan fingerprint density at radius 3 is 2.68 bits per heavy atom. The van der Waals surface area contributed by atoms with Crippen molar-refractivity contribution in [1.82, 2.24) is 0 Å². The van der Waals surface area contributed by atoms with Crippen LogP contribution >= 0.6 is 0 Å². The largest absolute Gasteiger partial charge is 0.326 e. The fraction of sp³-hybridized carbons (Fsp3) is 0.500. The van der Waals surface area contributed by atoms with Crippen LogP contribution in [0.1, 0.15) is 24.8 Å². The zero-order valence-corrected chi connectivity index (χ0v) is 10.7. The molecule has 0 spiro atoms. The van der Waals surface area contributed by atoms with E-state index in [-0.39, 0.29) is 11.8 Å². The lowest BCUT2D eigenvalue weighted by Crippen LogP contribution is -2.18. The van der Waals surface area contributed by atoms with E-state index in [4.69, 9.17) is 5.26 Å². The molecule has 3 fully saturated rings. The number of nitriles is 1. The third-order valence-electron chi connectivity index (χ3n) is 5.30. The Morgan fingerprint density at radius 1 is 1.26 bits per heavy atom. The van der Waals surface area contributed by atoms with Gasteiger partial charge in [-0.25, -0.2) is 0 Å². The lowest BCUT2D eigenvalue weighted by atomic mass is 10.0. The summed E-state index contributed by atoms with van der Waals surface area (Å²) in [5, 5.41) is 11.9. The Kier molecular flexibility index (Phi) is 2.23. The first kappa shape index (κ1) is 11.0. The molecule has 1 amide bonds. The maximum atomic E-state index is 12.3. The highest BCUT2D eigenvalue weighted by Crippen LogP contribution is 2.69. The number of nitrogens with zero attached hydrogens (tertiary/aromatic N) is 1. The maximum absolute atomic E-state index is 12.3. The first-order valence-corrected chi connectivity index (χ1v) is 7.09. The molecule has 3 aliphatic carbocycles. The van der Waals surface area contributed by atoms with Crippen molar-refractivity contribution in [2.75, 3.05) is 5.32 Å². The number of hydrogen-bond acceptors (Lipinski definition) is 2. The molecule has 0 saturated heterocycles. The highest BCUT2D eigenvalue weighted by molar-refractivity contribution is 5.95. The van der Waals surface area contributed by atoms with Gasteiger partial charge < -0.3 is 5.32 Å². The summed E-state index contributed by atoms with van der Waals surface area (Å²) in [7, 11) is 0. The molecule has 1 aromatic carbocycles. The van der Waals surface area contributed by atoms with Crippen LogP contribution < -0.4 is 5.32 Å². The van der Waals surface area contributed by atoms with Crippen LogP contribution in [0, 0.1) is 40.9 Å². The highest BCUT2D eigenvalue weighted by atomic mass is 16.2. The molecule has 0 heterocycles. The van der Waals surface area contributed by atoms with E-state index < -0.39 is 0 Å². The molecule has 3 heteroatoms. The number of fused-ring (bicyclic) bond motifs is 5. The molecule has 3 nitrogen and oxygen atoms in total. The van der Waals surface area contributed by atoms with Crippen LogP contribution in [-0.2, 0) is 4.79 Å². The van der Waals surface area contributed by atoms with E-state index in [2.05, 4.69) is 11.4 Å². The first-order valence-electron chi connectivity index (χ1n) is 7.09. The van der Waals surface area contributed by atoms with Crippen LogP contribution in [-0.4, -0.2) is 5.91 Å². The average Bonchev–Trinajstić information content (AvgIpc) is 2.88. The van der Waals surface area contributed by atoms with E-state index in [0.29, 0.717) is 17.4 Å². The predicted molar refractivity (Wildman–Crippen MR) is 71.1 cm³/mol. The van der Waals surface area contributed by atoms with Crippen LogP contribution in [0.2, 0.25) is 0 Å². The molecule has 3 aliphatic rings. The summed E-state index contributed by atoms with van der Waals surface area (Å²) in [6, 6.07) is 9.25. The second kappa shape index (κ2) is 3.84. The van der Waals surface area contributed by atoms with E-state index >= 15 is 0 Å². The summed E-state index contributed by atoms with van der Waals surface area (Å²) >= 11 is 0. The van der Waals surface area contributed by atoms with Gasteiger partial charge in [0.2, 0.25) is 5.91 Å². The molecule has 96 valence electrons. The Bertz CT molecular complexity index is 573. The van der Waals surface area contributed by atoms with Crippen LogP contribution in [0.3, 0.4) is 0 Å². The molecule has 2 bridgehead atoms. The average molecular weight is 252 g/mol. The zero-order valence-electron chi connectivity index (χ0n) is 10.7. The number of hydrogen-bond donors (Lipinski definition) is 1. The van der Waals surface area contributed by atoms with Crippen molar-refractivity contribution in [2.45, 2.75) is 19.3 Å². The topological polar surface area (TPSA) is 52.9 Å². The number of rotatable bonds is 2. The van der Waals surface area contributed by atoms with Crippen molar-refractivity contribution >= 4 is 11.6 Å². The second-order valence-corrected chi connectivity index (χ2v) is 6.20. The summed E-state index contributed by atoms with van der Waals surface area (Å²) < 4.78 is 0. The van der Waals surface area contributed by atoms with Crippen LogP contribution in [0.25, 0.3) is 0 Å². The number of carbonyl (C=O) groups excluding carboxylic acids is 1. The molecular weight excluding hydrogens is 236 g/mol. The van der Waals surface area contributed by atoms with Gasteiger partial charge >= 0.3 is 0 Å². The van der Waals surface area contributed by atoms with Gasteiger partial charge in [-0.2, -0.15) is 5.26 Å². The molecule has 1 N–H and O–H groups in total. The molecule has 4 rings (SSSR count). The summed E-state index contributed by atoms with van der Waals surface area (Å²) in [5.41, 5.74) is 1.34. The Labute approximate surface area is 112 Å². The van der Waals surface area contributed by atoms with Crippen molar-refractivity contribution in [3.63, 3.8) is 0 Å². The van der Waals surface area contributed by atoms with E-state index in [1.807, 2.05) is 12.1 Å². The molecule has 0 aromatic heterocycles. The SMILES string of the molecule is N#Cc1cccc(NC(=O)C2[C@@H]3[C@H]4CC[C@@H](C4)[C@@H]23)c1. The van der Waals surface area contributed by atoms with E-state index in [1.165, 1.54) is 19.3 Å². The van der Waals surface area contributed by atoms with E-state index in [1.54, 1.807) is 12.1 Å². The maximum Gasteiger partial charge on any atom is 0.228 e. The first-order chi connectivity index (χ1) is 9.28. The number of anilines is 1. The molecule has 19 heavy (non-hydrogen) atoms. The van der Waals surface area contributed by atoms with Gasteiger partial charge in [-0.15, -0.1) is 0 Å². The van der Waals surface area contributed by atoms with Gasteiger partial charge in [-0.1, -0.05) is 6.07 Å². The molecular formula is C16H16N2O. The zero-order chi connectivity index (χ0) is 13.0. The van der Waals surface area contributed by atoms with Gasteiger partial charge in [-0.3, -0.25) is 4.79 Å². The van der Waals surface area contributed by atoms with Gasteiger partial charge in [-0.05, 0) is 61.1 Å². The monoisotopic (exact) mass is 252 g/mol. The van der Waals surface area contributed by atoms with E-state index in [0.717, 1.165) is 17.5 Å². The molecule has 1 aromatic rings. The number of carbonyl (C=O) groups is 1. The van der Waals surface area contributed by atoms with E-state index in [9.17, 15) is 4.79 Å². The summed E-state index contributed by atoms with van der Waals surface area (Å²) in [4.78, 5) is 12.3. The smallest absolute Gasteiger partial charge is 0.228 e. The summed E-state index contributed by atoms with van der Waals surface area (Å²) in [6.07, 6.45) is 4.03. The van der Waals surface area contributed by atoms with Crippen molar-refractivity contribution in [3.05, 3.63) is 29.8 Å². The third kappa shape index (κ3) is 1.59. The van der Waals surface area contributed by atoms with Crippen molar-refractivity contribution in [3.8, 4) is 6.07 Å². The Hall–Kier alpha value is -1.82. The third-order valence-corrected chi connectivity index (χ3v) is 5.30. The number of amides is 1. The summed E-state index contributed by atoms with van der Waals surface area (Å²) in [6.45, 7) is 0. The normalized spacial score (nSPS) is 37.5. The Morgan fingerprint density at radius 2 is 2.00 bits per heavy atom. The van der Waals surface area contributed by atoms with Crippen LogP contribution in [0.5, 0.6) is 0 Å². The minimum Gasteiger partial charge on any atom is -0.326 e. The molecule has 3 saturated carbocycles. The quantitative estimate of drug-likeness (QED) is 0.880. The molecule has 0 unspecified atom stereocenters. The lowest BCUT2D eigenvalue weighted by Gasteiger charge is -2.09. The van der Waals surface area contributed by atoms with Gasteiger partial charge in [0, 0.05) is 11.6 Å². The predicted octanol–water partition coefficient (Wildman–Crippen LogP) is 2.79. The summed E-state index contributed by atoms with van der Waals surface area (Å²) in [5.74, 6) is 3.38.